The summed E-state index contributed by atoms with van der Waals surface area (Å²) in [7, 11) is 0. The van der Waals surface area contributed by atoms with Gasteiger partial charge >= 0.3 is 0 Å². The molecule has 1 aromatic rings. The van der Waals surface area contributed by atoms with Crippen molar-refractivity contribution in [1.82, 2.24) is 10.6 Å². The SMILES string of the molecule is O=C(NC1CC1)[C@H](NC1CCCCCCC1)c1ccccc1. The van der Waals surface area contributed by atoms with Crippen molar-refractivity contribution in [3.8, 4) is 0 Å². The van der Waals surface area contributed by atoms with Crippen LogP contribution in [0.3, 0.4) is 0 Å². The van der Waals surface area contributed by atoms with E-state index in [2.05, 4.69) is 22.8 Å². The first-order valence-electron chi connectivity index (χ1n) is 8.94. The minimum absolute atomic E-state index is 0.149. The van der Waals surface area contributed by atoms with Crippen LogP contribution < -0.4 is 10.6 Å². The van der Waals surface area contributed by atoms with Crippen LogP contribution in [0.15, 0.2) is 30.3 Å². The molecule has 0 aliphatic heterocycles. The van der Waals surface area contributed by atoms with Crippen LogP contribution in [0, 0.1) is 0 Å². The normalized spacial score (nSPS) is 21.6. The Labute approximate surface area is 133 Å². The first kappa shape index (κ1) is 15.5. The first-order valence-corrected chi connectivity index (χ1v) is 8.94. The lowest BCUT2D eigenvalue weighted by Crippen LogP contribution is -2.43. The van der Waals surface area contributed by atoms with Crippen LogP contribution in [0.5, 0.6) is 0 Å². The van der Waals surface area contributed by atoms with E-state index in [0.29, 0.717) is 12.1 Å². The van der Waals surface area contributed by atoms with Crippen LogP contribution in [0.4, 0.5) is 0 Å². The van der Waals surface area contributed by atoms with E-state index in [1.807, 2.05) is 18.2 Å². The molecule has 2 saturated carbocycles. The Balaban J connectivity index is 1.67. The van der Waals surface area contributed by atoms with Gasteiger partial charge in [0.15, 0.2) is 0 Å². The highest BCUT2D eigenvalue weighted by Crippen LogP contribution is 2.24. The van der Waals surface area contributed by atoms with E-state index < -0.39 is 0 Å². The van der Waals surface area contributed by atoms with E-state index in [4.69, 9.17) is 0 Å². The first-order chi connectivity index (χ1) is 10.8. The van der Waals surface area contributed by atoms with Crippen LogP contribution in [0.25, 0.3) is 0 Å². The lowest BCUT2D eigenvalue weighted by molar-refractivity contribution is -0.123. The second-order valence-electron chi connectivity index (χ2n) is 6.84. The van der Waals surface area contributed by atoms with Crippen LogP contribution in [0.2, 0.25) is 0 Å². The fraction of sp³-hybridized carbons (Fsp3) is 0.632. The number of carbonyl (C=O) groups is 1. The topological polar surface area (TPSA) is 41.1 Å². The van der Waals surface area contributed by atoms with Crippen molar-refractivity contribution in [2.45, 2.75) is 75.9 Å². The maximum absolute atomic E-state index is 12.6. The molecule has 22 heavy (non-hydrogen) atoms. The number of amides is 1. The number of hydrogen-bond donors (Lipinski definition) is 2. The molecule has 0 unspecified atom stereocenters. The van der Waals surface area contributed by atoms with E-state index in [1.54, 1.807) is 0 Å². The highest BCUT2D eigenvalue weighted by Gasteiger charge is 2.29. The van der Waals surface area contributed by atoms with Crippen molar-refractivity contribution in [3.05, 3.63) is 35.9 Å². The maximum Gasteiger partial charge on any atom is 0.241 e. The minimum Gasteiger partial charge on any atom is -0.352 e. The second kappa shape index (κ2) is 7.77. The van der Waals surface area contributed by atoms with Gasteiger partial charge < -0.3 is 5.32 Å². The van der Waals surface area contributed by atoms with Crippen molar-refractivity contribution in [2.75, 3.05) is 0 Å². The highest BCUT2D eigenvalue weighted by molar-refractivity contribution is 5.83. The van der Waals surface area contributed by atoms with Crippen molar-refractivity contribution in [2.24, 2.45) is 0 Å². The molecule has 0 heterocycles. The lowest BCUT2D eigenvalue weighted by Gasteiger charge is -2.27. The number of hydrogen-bond acceptors (Lipinski definition) is 2. The molecular formula is C19H28N2O. The third kappa shape index (κ3) is 4.57. The Hall–Kier alpha value is -1.35. The number of nitrogens with one attached hydrogen (secondary N) is 2. The third-order valence-electron chi connectivity index (χ3n) is 4.83. The average Bonchev–Trinajstić information content (AvgIpc) is 3.31. The maximum atomic E-state index is 12.6. The summed E-state index contributed by atoms with van der Waals surface area (Å²) in [6.07, 6.45) is 11.3. The molecule has 0 aromatic heterocycles. The fourth-order valence-electron chi connectivity index (χ4n) is 3.34. The Morgan fingerprint density at radius 2 is 1.50 bits per heavy atom. The number of carbonyl (C=O) groups excluding carboxylic acids is 1. The van der Waals surface area contributed by atoms with Crippen molar-refractivity contribution >= 4 is 5.91 Å². The van der Waals surface area contributed by atoms with Gasteiger partial charge in [0.1, 0.15) is 6.04 Å². The molecule has 2 N–H and O–H groups in total. The third-order valence-corrected chi connectivity index (χ3v) is 4.83. The van der Waals surface area contributed by atoms with Gasteiger partial charge in [0.25, 0.3) is 0 Å². The summed E-state index contributed by atoms with van der Waals surface area (Å²) in [5.41, 5.74) is 1.09. The molecule has 0 radical (unpaired) electrons. The summed E-state index contributed by atoms with van der Waals surface area (Å²) < 4.78 is 0. The quantitative estimate of drug-likeness (QED) is 0.870. The van der Waals surface area contributed by atoms with E-state index >= 15 is 0 Å². The van der Waals surface area contributed by atoms with E-state index in [1.165, 1.54) is 44.9 Å². The van der Waals surface area contributed by atoms with Gasteiger partial charge in [-0.1, -0.05) is 62.4 Å². The molecule has 120 valence electrons. The van der Waals surface area contributed by atoms with E-state index in [0.717, 1.165) is 18.4 Å². The van der Waals surface area contributed by atoms with Crippen LogP contribution in [-0.4, -0.2) is 18.0 Å². The molecule has 1 aromatic carbocycles. The van der Waals surface area contributed by atoms with Gasteiger partial charge in [-0.25, -0.2) is 0 Å². The Morgan fingerprint density at radius 1 is 0.864 bits per heavy atom. The van der Waals surface area contributed by atoms with Gasteiger partial charge in [0.05, 0.1) is 0 Å². The lowest BCUT2D eigenvalue weighted by atomic mass is 9.95. The summed E-state index contributed by atoms with van der Waals surface area (Å²) in [6.45, 7) is 0. The van der Waals surface area contributed by atoms with E-state index in [9.17, 15) is 4.79 Å². The van der Waals surface area contributed by atoms with Crippen LogP contribution >= 0.6 is 0 Å². The summed E-state index contributed by atoms with van der Waals surface area (Å²) in [5.74, 6) is 0.149. The van der Waals surface area contributed by atoms with Gasteiger partial charge in [0, 0.05) is 12.1 Å². The summed E-state index contributed by atoms with van der Waals surface area (Å²) in [5, 5.41) is 6.83. The monoisotopic (exact) mass is 300 g/mol. The molecular weight excluding hydrogens is 272 g/mol. The highest BCUT2D eigenvalue weighted by atomic mass is 16.2. The smallest absolute Gasteiger partial charge is 0.241 e. The molecule has 0 saturated heterocycles. The molecule has 2 fully saturated rings. The molecule has 3 rings (SSSR count). The molecule has 1 amide bonds. The number of rotatable bonds is 5. The van der Waals surface area contributed by atoms with Crippen LogP contribution in [0.1, 0.15) is 69.4 Å². The van der Waals surface area contributed by atoms with Gasteiger partial charge in [-0.05, 0) is 31.2 Å². The van der Waals surface area contributed by atoms with Crippen molar-refractivity contribution in [3.63, 3.8) is 0 Å². The molecule has 0 spiro atoms. The van der Waals surface area contributed by atoms with Crippen molar-refractivity contribution < 1.29 is 4.79 Å². The Bertz CT molecular complexity index is 462. The Kier molecular flexibility index (Phi) is 5.49. The largest absolute Gasteiger partial charge is 0.352 e. The standard InChI is InChI=1S/C19H28N2O/c22-19(21-17-13-14-17)18(15-9-5-4-6-10-15)20-16-11-7-2-1-3-8-12-16/h4-6,9-10,16-18,20H,1-3,7-8,11-14H2,(H,21,22)/t18-/m1/s1. The van der Waals surface area contributed by atoms with Gasteiger partial charge in [0.2, 0.25) is 5.91 Å². The van der Waals surface area contributed by atoms with Gasteiger partial charge in [-0.3, -0.25) is 10.1 Å². The summed E-state index contributed by atoms with van der Waals surface area (Å²) >= 11 is 0. The Morgan fingerprint density at radius 3 is 2.14 bits per heavy atom. The molecule has 3 heteroatoms. The van der Waals surface area contributed by atoms with Gasteiger partial charge in [-0.2, -0.15) is 0 Å². The predicted octanol–water partition coefficient (Wildman–Crippen LogP) is 3.71. The summed E-state index contributed by atoms with van der Waals surface area (Å²) in [4.78, 5) is 12.6. The zero-order valence-corrected chi connectivity index (χ0v) is 13.4. The van der Waals surface area contributed by atoms with Crippen molar-refractivity contribution in [1.29, 1.82) is 0 Å². The zero-order valence-electron chi connectivity index (χ0n) is 13.4. The van der Waals surface area contributed by atoms with Gasteiger partial charge in [-0.15, -0.1) is 0 Å². The molecule has 2 aliphatic carbocycles. The fourth-order valence-corrected chi connectivity index (χ4v) is 3.34. The van der Waals surface area contributed by atoms with E-state index in [-0.39, 0.29) is 11.9 Å². The second-order valence-corrected chi connectivity index (χ2v) is 6.84. The molecule has 2 aliphatic rings. The van der Waals surface area contributed by atoms with Crippen LogP contribution in [-0.2, 0) is 4.79 Å². The minimum atomic E-state index is -0.203. The number of benzene rings is 1. The molecule has 0 bridgehead atoms. The molecule has 1 atom stereocenters. The molecule has 3 nitrogen and oxygen atoms in total. The predicted molar refractivity (Wildman–Crippen MR) is 89.6 cm³/mol. The summed E-state index contributed by atoms with van der Waals surface area (Å²) in [6, 6.07) is 10.9. The average molecular weight is 300 g/mol. The zero-order chi connectivity index (χ0) is 15.2.